The summed E-state index contributed by atoms with van der Waals surface area (Å²) in [5.41, 5.74) is 4.88. The summed E-state index contributed by atoms with van der Waals surface area (Å²) in [6.45, 7) is 1.76. The summed E-state index contributed by atoms with van der Waals surface area (Å²) < 4.78 is 4.37. The minimum atomic E-state index is -0.303. The lowest BCUT2D eigenvalue weighted by atomic mass is 10.4. The van der Waals surface area contributed by atoms with Gasteiger partial charge in [-0.05, 0) is 0 Å². The quantitative estimate of drug-likeness (QED) is 0.320. The van der Waals surface area contributed by atoms with Crippen molar-refractivity contribution in [3.05, 3.63) is 0 Å². The molecule has 0 aromatic carbocycles. The van der Waals surface area contributed by atoms with E-state index in [1.807, 2.05) is 0 Å². The predicted molar refractivity (Wildman–Crippen MR) is 38.5 cm³/mol. The number of rotatable bonds is 4. The van der Waals surface area contributed by atoms with Gasteiger partial charge in [0, 0.05) is 13.5 Å². The molecule has 11 heavy (non-hydrogen) atoms. The molecule has 0 aromatic rings. The van der Waals surface area contributed by atoms with Crippen LogP contribution < -0.4 is 10.9 Å². The van der Waals surface area contributed by atoms with Crippen LogP contribution in [0.15, 0.2) is 0 Å². The molecule has 2 N–H and O–H groups in total. The molecular formula is C6H12N2O3. The maximum absolute atomic E-state index is 10.5. The number of esters is 1. The fraction of sp³-hybridized carbons (Fsp3) is 0.667. The lowest BCUT2D eigenvalue weighted by Gasteiger charge is -2.02. The molecule has 0 rings (SSSR count). The van der Waals surface area contributed by atoms with Crippen LogP contribution in [0.25, 0.3) is 0 Å². The van der Waals surface area contributed by atoms with Gasteiger partial charge in [-0.1, -0.05) is 0 Å². The Balaban J connectivity index is 3.14. The zero-order chi connectivity index (χ0) is 8.69. The van der Waals surface area contributed by atoms with Gasteiger partial charge >= 0.3 is 5.97 Å². The molecular weight excluding hydrogens is 148 g/mol. The monoisotopic (exact) mass is 160 g/mol. The topological polar surface area (TPSA) is 67.4 Å². The van der Waals surface area contributed by atoms with E-state index in [9.17, 15) is 9.59 Å². The molecule has 0 saturated carbocycles. The molecule has 0 fully saturated rings. The summed E-state index contributed by atoms with van der Waals surface area (Å²) in [6, 6.07) is 0. The first-order chi connectivity index (χ1) is 5.16. The third kappa shape index (κ3) is 6.79. The van der Waals surface area contributed by atoms with Crippen LogP contribution in [0.4, 0.5) is 0 Å². The van der Waals surface area contributed by atoms with Gasteiger partial charge in [-0.3, -0.25) is 15.0 Å². The molecule has 0 heterocycles. The minimum Gasteiger partial charge on any atom is -0.469 e. The number of hydrogen-bond donors (Lipinski definition) is 2. The standard InChI is InChI=1S/C6H12N2O3/c1-5(9)8-7-4-3-6(10)11-2/h7H,3-4H2,1-2H3,(H,8,9). The van der Waals surface area contributed by atoms with E-state index in [-0.39, 0.29) is 18.3 Å². The lowest BCUT2D eigenvalue weighted by molar-refractivity contribution is -0.140. The first-order valence-electron chi connectivity index (χ1n) is 3.23. The number of hydrazine groups is 1. The maximum Gasteiger partial charge on any atom is 0.306 e. The minimum absolute atomic E-state index is 0.185. The van der Waals surface area contributed by atoms with Gasteiger partial charge in [0.2, 0.25) is 5.91 Å². The highest BCUT2D eigenvalue weighted by Crippen LogP contribution is 1.78. The van der Waals surface area contributed by atoms with E-state index in [1.165, 1.54) is 14.0 Å². The molecule has 0 aliphatic rings. The van der Waals surface area contributed by atoms with Gasteiger partial charge in [-0.2, -0.15) is 0 Å². The van der Waals surface area contributed by atoms with Crippen molar-refractivity contribution in [3.8, 4) is 0 Å². The van der Waals surface area contributed by atoms with Crippen molar-refractivity contribution in [2.24, 2.45) is 0 Å². The van der Waals surface area contributed by atoms with E-state index in [1.54, 1.807) is 0 Å². The molecule has 64 valence electrons. The molecule has 0 aliphatic carbocycles. The van der Waals surface area contributed by atoms with Crippen molar-refractivity contribution in [1.82, 2.24) is 10.9 Å². The third-order valence-electron chi connectivity index (χ3n) is 0.946. The van der Waals surface area contributed by atoms with Crippen molar-refractivity contribution in [3.63, 3.8) is 0 Å². The number of hydrogen-bond acceptors (Lipinski definition) is 4. The van der Waals surface area contributed by atoms with E-state index < -0.39 is 0 Å². The molecule has 0 spiro atoms. The second kappa shape index (κ2) is 5.67. The number of carbonyl (C=O) groups excluding carboxylic acids is 2. The van der Waals surface area contributed by atoms with Gasteiger partial charge in [0.25, 0.3) is 0 Å². The van der Waals surface area contributed by atoms with Gasteiger partial charge in [-0.15, -0.1) is 0 Å². The SMILES string of the molecule is COC(=O)CCNNC(C)=O. The van der Waals surface area contributed by atoms with Crippen molar-refractivity contribution in [2.45, 2.75) is 13.3 Å². The highest BCUT2D eigenvalue weighted by atomic mass is 16.5. The Morgan fingerprint density at radius 3 is 2.55 bits per heavy atom. The summed E-state index contributed by atoms with van der Waals surface area (Å²) in [5.74, 6) is -0.488. The second-order valence-corrected chi connectivity index (χ2v) is 1.93. The molecule has 0 aromatic heterocycles. The first-order valence-corrected chi connectivity index (χ1v) is 3.23. The highest BCUT2D eigenvalue weighted by Gasteiger charge is 1.97. The van der Waals surface area contributed by atoms with Crippen LogP contribution in [-0.4, -0.2) is 25.5 Å². The molecule has 1 amide bonds. The zero-order valence-corrected chi connectivity index (χ0v) is 6.64. The fourth-order valence-electron chi connectivity index (χ4n) is 0.454. The van der Waals surface area contributed by atoms with Crippen molar-refractivity contribution < 1.29 is 14.3 Å². The summed E-state index contributed by atoms with van der Waals surface area (Å²) in [5, 5.41) is 0. The van der Waals surface area contributed by atoms with Crippen molar-refractivity contribution in [1.29, 1.82) is 0 Å². The van der Waals surface area contributed by atoms with Crippen LogP contribution in [0.2, 0.25) is 0 Å². The van der Waals surface area contributed by atoms with E-state index in [0.717, 1.165) is 0 Å². The zero-order valence-electron chi connectivity index (χ0n) is 6.64. The normalized spacial score (nSPS) is 8.91. The van der Waals surface area contributed by atoms with Gasteiger partial charge < -0.3 is 4.74 Å². The van der Waals surface area contributed by atoms with Gasteiger partial charge in [0.15, 0.2) is 0 Å². The van der Waals surface area contributed by atoms with Crippen LogP contribution in [0.3, 0.4) is 0 Å². The molecule has 0 radical (unpaired) electrons. The Morgan fingerprint density at radius 2 is 2.09 bits per heavy atom. The summed E-state index contributed by atoms with van der Waals surface area (Å²) in [4.78, 5) is 20.7. The van der Waals surface area contributed by atoms with E-state index in [2.05, 4.69) is 15.6 Å². The van der Waals surface area contributed by atoms with Crippen LogP contribution in [-0.2, 0) is 14.3 Å². The summed E-state index contributed by atoms with van der Waals surface area (Å²) >= 11 is 0. The smallest absolute Gasteiger partial charge is 0.306 e. The van der Waals surface area contributed by atoms with Crippen LogP contribution in [0.1, 0.15) is 13.3 Å². The number of carbonyl (C=O) groups is 2. The highest BCUT2D eigenvalue weighted by molar-refractivity contribution is 5.72. The molecule has 0 bridgehead atoms. The largest absolute Gasteiger partial charge is 0.469 e. The van der Waals surface area contributed by atoms with Gasteiger partial charge in [-0.25, -0.2) is 5.43 Å². The number of amides is 1. The molecule has 0 atom stereocenters. The van der Waals surface area contributed by atoms with Crippen LogP contribution in [0.5, 0.6) is 0 Å². The van der Waals surface area contributed by atoms with E-state index >= 15 is 0 Å². The van der Waals surface area contributed by atoms with Crippen LogP contribution >= 0.6 is 0 Å². The molecule has 0 saturated heterocycles. The molecule has 5 nitrogen and oxygen atoms in total. The van der Waals surface area contributed by atoms with Crippen LogP contribution in [0, 0.1) is 0 Å². The number of methoxy groups -OCH3 is 1. The Labute approximate surface area is 65.1 Å². The number of nitrogens with one attached hydrogen (secondary N) is 2. The Bertz CT molecular complexity index is 147. The fourth-order valence-corrected chi connectivity index (χ4v) is 0.454. The molecule has 0 aliphatic heterocycles. The van der Waals surface area contributed by atoms with Gasteiger partial charge in [0.05, 0.1) is 13.5 Å². The Kier molecular flexibility index (Phi) is 5.10. The lowest BCUT2D eigenvalue weighted by Crippen LogP contribution is -2.37. The van der Waals surface area contributed by atoms with E-state index in [4.69, 9.17) is 0 Å². The maximum atomic E-state index is 10.5. The van der Waals surface area contributed by atoms with Crippen molar-refractivity contribution in [2.75, 3.05) is 13.7 Å². The number of ether oxygens (including phenoxy) is 1. The first kappa shape index (κ1) is 9.90. The van der Waals surface area contributed by atoms with Gasteiger partial charge in [0.1, 0.15) is 0 Å². The molecule has 0 unspecified atom stereocenters. The average molecular weight is 160 g/mol. The second-order valence-electron chi connectivity index (χ2n) is 1.93. The Morgan fingerprint density at radius 1 is 1.45 bits per heavy atom. The predicted octanol–water partition coefficient (Wildman–Crippen LogP) is -0.810. The third-order valence-corrected chi connectivity index (χ3v) is 0.946. The van der Waals surface area contributed by atoms with E-state index in [0.29, 0.717) is 6.54 Å². The molecule has 5 heteroatoms. The summed E-state index contributed by atoms with van der Waals surface area (Å²) in [6.07, 6.45) is 0.247. The average Bonchev–Trinajstić information content (AvgIpc) is 1.97. The Hall–Kier alpha value is -1.10. The van der Waals surface area contributed by atoms with Crippen molar-refractivity contribution >= 4 is 11.9 Å². The summed E-state index contributed by atoms with van der Waals surface area (Å²) in [7, 11) is 1.32.